The van der Waals surface area contributed by atoms with Gasteiger partial charge < -0.3 is 16.0 Å². The van der Waals surface area contributed by atoms with E-state index in [0.717, 1.165) is 31.7 Å². The van der Waals surface area contributed by atoms with Crippen LogP contribution in [0.25, 0.3) is 11.4 Å². The normalized spacial score (nSPS) is 14.8. The van der Waals surface area contributed by atoms with Gasteiger partial charge in [0.15, 0.2) is 5.82 Å². The molecule has 1 aliphatic rings. The first-order valence-electron chi connectivity index (χ1n) is 7.14. The number of aromatic nitrogens is 2. The standard InChI is InChI=1S/C15H15Cl2N5O/c16-11-2-1-9(7-12(11)17)14-20-8-10(13(18)23)15(21-14)22-5-3-19-4-6-22/h1-2,7-8,19H,3-6H2,(H2,18,23). The zero-order valence-corrected chi connectivity index (χ0v) is 13.7. The minimum absolute atomic E-state index is 0.315. The van der Waals surface area contributed by atoms with Crippen LogP contribution in [0.15, 0.2) is 24.4 Å². The SMILES string of the molecule is NC(=O)c1cnc(-c2ccc(Cl)c(Cl)c2)nc1N1CCNCC1. The third-order valence-electron chi connectivity index (χ3n) is 3.63. The van der Waals surface area contributed by atoms with Crippen LogP contribution in [-0.2, 0) is 0 Å². The van der Waals surface area contributed by atoms with Gasteiger partial charge in [-0.1, -0.05) is 23.2 Å². The molecule has 23 heavy (non-hydrogen) atoms. The van der Waals surface area contributed by atoms with Crippen LogP contribution in [0.1, 0.15) is 10.4 Å². The highest BCUT2D eigenvalue weighted by Crippen LogP contribution is 2.28. The second-order valence-corrected chi connectivity index (χ2v) is 5.98. The second kappa shape index (κ2) is 6.70. The summed E-state index contributed by atoms with van der Waals surface area (Å²) < 4.78 is 0. The average molecular weight is 352 g/mol. The number of carbonyl (C=O) groups is 1. The van der Waals surface area contributed by atoms with Crippen LogP contribution in [-0.4, -0.2) is 42.1 Å². The minimum atomic E-state index is -0.542. The van der Waals surface area contributed by atoms with E-state index in [1.165, 1.54) is 6.20 Å². The van der Waals surface area contributed by atoms with Crippen molar-refractivity contribution >= 4 is 34.9 Å². The molecule has 0 atom stereocenters. The van der Waals surface area contributed by atoms with Crippen molar-refractivity contribution < 1.29 is 4.79 Å². The molecule has 1 amide bonds. The quantitative estimate of drug-likeness (QED) is 0.882. The lowest BCUT2D eigenvalue weighted by molar-refractivity contribution is 0.1000. The number of nitrogens with zero attached hydrogens (tertiary/aromatic N) is 3. The Morgan fingerprint density at radius 1 is 1.22 bits per heavy atom. The lowest BCUT2D eigenvalue weighted by Crippen LogP contribution is -2.44. The number of hydrogen-bond acceptors (Lipinski definition) is 5. The largest absolute Gasteiger partial charge is 0.365 e. The molecule has 8 heteroatoms. The maximum absolute atomic E-state index is 11.7. The Hall–Kier alpha value is -1.89. The van der Waals surface area contributed by atoms with E-state index in [2.05, 4.69) is 15.3 Å². The van der Waals surface area contributed by atoms with Crippen molar-refractivity contribution in [2.45, 2.75) is 0 Å². The maximum Gasteiger partial charge on any atom is 0.254 e. The molecule has 0 spiro atoms. The predicted molar refractivity (Wildman–Crippen MR) is 91.1 cm³/mol. The van der Waals surface area contributed by atoms with E-state index in [9.17, 15) is 4.79 Å². The molecule has 6 nitrogen and oxygen atoms in total. The lowest BCUT2D eigenvalue weighted by Gasteiger charge is -2.29. The Bertz CT molecular complexity index is 747. The van der Waals surface area contributed by atoms with E-state index in [-0.39, 0.29) is 0 Å². The topological polar surface area (TPSA) is 84.1 Å². The number of nitrogens with two attached hydrogens (primary N) is 1. The number of primary amides is 1. The molecule has 120 valence electrons. The van der Waals surface area contributed by atoms with Crippen LogP contribution in [0.4, 0.5) is 5.82 Å². The van der Waals surface area contributed by atoms with Gasteiger partial charge in [0.05, 0.1) is 10.0 Å². The Balaban J connectivity index is 2.05. The van der Waals surface area contributed by atoms with Crippen molar-refractivity contribution in [1.29, 1.82) is 0 Å². The molecule has 1 saturated heterocycles. The van der Waals surface area contributed by atoms with E-state index in [0.29, 0.717) is 27.3 Å². The van der Waals surface area contributed by atoms with E-state index in [1.807, 2.05) is 4.90 Å². The molecule has 1 aromatic heterocycles. The zero-order valence-electron chi connectivity index (χ0n) is 12.2. The zero-order chi connectivity index (χ0) is 16.4. The van der Waals surface area contributed by atoms with Crippen LogP contribution in [0.5, 0.6) is 0 Å². The van der Waals surface area contributed by atoms with Crippen molar-refractivity contribution in [2.24, 2.45) is 5.73 Å². The molecule has 0 unspecified atom stereocenters. The van der Waals surface area contributed by atoms with E-state index in [4.69, 9.17) is 28.9 Å². The number of halogens is 2. The first kappa shape index (κ1) is 16.0. The fourth-order valence-corrected chi connectivity index (χ4v) is 2.74. The smallest absolute Gasteiger partial charge is 0.254 e. The third kappa shape index (κ3) is 3.39. The van der Waals surface area contributed by atoms with Crippen LogP contribution in [0.2, 0.25) is 10.0 Å². The summed E-state index contributed by atoms with van der Waals surface area (Å²) in [5.74, 6) is 0.483. The molecule has 1 aromatic carbocycles. The van der Waals surface area contributed by atoms with Crippen LogP contribution in [0, 0.1) is 0 Å². The summed E-state index contributed by atoms with van der Waals surface area (Å²) in [5.41, 5.74) is 6.50. The molecule has 2 heterocycles. The van der Waals surface area contributed by atoms with E-state index in [1.54, 1.807) is 18.2 Å². The summed E-state index contributed by atoms with van der Waals surface area (Å²) >= 11 is 12.0. The first-order valence-corrected chi connectivity index (χ1v) is 7.90. The lowest BCUT2D eigenvalue weighted by atomic mass is 10.2. The number of rotatable bonds is 3. The highest BCUT2D eigenvalue weighted by molar-refractivity contribution is 6.42. The Labute approximate surface area is 143 Å². The summed E-state index contributed by atoms with van der Waals surface area (Å²) in [7, 11) is 0. The van der Waals surface area contributed by atoms with Crippen molar-refractivity contribution in [3.63, 3.8) is 0 Å². The maximum atomic E-state index is 11.7. The number of benzene rings is 1. The number of piperazine rings is 1. The Morgan fingerprint density at radius 2 is 1.96 bits per heavy atom. The van der Waals surface area contributed by atoms with Gasteiger partial charge >= 0.3 is 0 Å². The van der Waals surface area contributed by atoms with Gasteiger partial charge in [0.1, 0.15) is 11.4 Å². The Morgan fingerprint density at radius 3 is 2.61 bits per heavy atom. The van der Waals surface area contributed by atoms with Crippen molar-refractivity contribution in [3.8, 4) is 11.4 Å². The molecule has 0 radical (unpaired) electrons. The molecule has 1 aliphatic heterocycles. The number of amides is 1. The van der Waals surface area contributed by atoms with Crippen molar-refractivity contribution in [3.05, 3.63) is 40.0 Å². The fraction of sp³-hybridized carbons (Fsp3) is 0.267. The van der Waals surface area contributed by atoms with Gasteiger partial charge in [-0.15, -0.1) is 0 Å². The molecule has 3 rings (SSSR count). The summed E-state index contributed by atoms with van der Waals surface area (Å²) in [6.07, 6.45) is 1.46. The molecule has 3 N–H and O–H groups in total. The molecule has 1 fully saturated rings. The number of nitrogens with one attached hydrogen (secondary N) is 1. The minimum Gasteiger partial charge on any atom is -0.365 e. The van der Waals surface area contributed by atoms with Crippen LogP contribution in [0.3, 0.4) is 0 Å². The monoisotopic (exact) mass is 351 g/mol. The van der Waals surface area contributed by atoms with Crippen LogP contribution >= 0.6 is 23.2 Å². The third-order valence-corrected chi connectivity index (χ3v) is 4.37. The summed E-state index contributed by atoms with van der Waals surface area (Å²) in [4.78, 5) is 22.5. The Kier molecular flexibility index (Phi) is 4.66. The van der Waals surface area contributed by atoms with E-state index < -0.39 is 5.91 Å². The molecule has 0 saturated carbocycles. The average Bonchev–Trinajstić information content (AvgIpc) is 2.57. The number of carbonyl (C=O) groups excluding carboxylic acids is 1. The first-order chi connectivity index (χ1) is 11.1. The van der Waals surface area contributed by atoms with Gasteiger partial charge in [-0.05, 0) is 18.2 Å². The van der Waals surface area contributed by atoms with Gasteiger partial charge in [-0.3, -0.25) is 4.79 Å². The van der Waals surface area contributed by atoms with Gasteiger partial charge in [0.2, 0.25) is 0 Å². The molecule has 0 bridgehead atoms. The van der Waals surface area contributed by atoms with Gasteiger partial charge in [0.25, 0.3) is 5.91 Å². The second-order valence-electron chi connectivity index (χ2n) is 5.16. The highest BCUT2D eigenvalue weighted by atomic mass is 35.5. The van der Waals surface area contributed by atoms with Crippen molar-refractivity contribution in [2.75, 3.05) is 31.1 Å². The predicted octanol–water partition coefficient (Wildman–Crippen LogP) is 1.96. The van der Waals surface area contributed by atoms with Crippen LogP contribution < -0.4 is 16.0 Å². The fourth-order valence-electron chi connectivity index (χ4n) is 2.44. The molecular weight excluding hydrogens is 337 g/mol. The van der Waals surface area contributed by atoms with Gasteiger partial charge in [-0.25, -0.2) is 9.97 Å². The van der Waals surface area contributed by atoms with Crippen molar-refractivity contribution in [1.82, 2.24) is 15.3 Å². The van der Waals surface area contributed by atoms with E-state index >= 15 is 0 Å². The summed E-state index contributed by atoms with van der Waals surface area (Å²) in [5, 5.41) is 4.15. The number of hydrogen-bond donors (Lipinski definition) is 2. The highest BCUT2D eigenvalue weighted by Gasteiger charge is 2.20. The molecule has 0 aliphatic carbocycles. The summed E-state index contributed by atoms with van der Waals surface area (Å²) in [6, 6.07) is 5.18. The molecule has 2 aromatic rings. The molecular formula is C15H15Cl2N5O. The number of anilines is 1. The van der Waals surface area contributed by atoms with Gasteiger partial charge in [0, 0.05) is 37.9 Å². The summed E-state index contributed by atoms with van der Waals surface area (Å²) in [6.45, 7) is 3.14. The van der Waals surface area contributed by atoms with Gasteiger partial charge in [-0.2, -0.15) is 0 Å².